The second-order valence-electron chi connectivity index (χ2n) is 11.1. The van der Waals surface area contributed by atoms with E-state index < -0.39 is 29.6 Å². The molecule has 40 heavy (non-hydrogen) atoms. The molecule has 0 amide bonds. The van der Waals surface area contributed by atoms with Gasteiger partial charge in [0.15, 0.2) is 17.5 Å². The summed E-state index contributed by atoms with van der Waals surface area (Å²) in [6.07, 6.45) is 2.11. The predicted molar refractivity (Wildman–Crippen MR) is 154 cm³/mol. The molecule has 2 N–H and O–H groups in total. The van der Waals surface area contributed by atoms with Gasteiger partial charge in [0.2, 0.25) is 0 Å². The Balaban J connectivity index is 1.40. The van der Waals surface area contributed by atoms with Crippen molar-refractivity contribution in [2.45, 2.75) is 76.0 Å². The normalized spacial score (nSPS) is 17.2. The Hall–Kier alpha value is -3.03. The fourth-order valence-corrected chi connectivity index (χ4v) is 5.63. The van der Waals surface area contributed by atoms with Gasteiger partial charge in [0.05, 0.1) is 25.7 Å². The lowest BCUT2D eigenvalue weighted by molar-refractivity contribution is -0.165. The summed E-state index contributed by atoms with van der Waals surface area (Å²) in [6.45, 7) is 5.47. The SMILES string of the molecule is C[C@H](CCCC[C@H](O)CC(=O)O[C@@H](c1ccccc1)C(O)(c1ccccc1)c1ccccc1)CC1(C)OCCO1. The third kappa shape index (κ3) is 7.79. The first kappa shape index (κ1) is 29.9. The monoisotopic (exact) mass is 546 g/mol. The number of aliphatic hydroxyl groups is 2. The zero-order valence-corrected chi connectivity index (χ0v) is 23.6. The van der Waals surface area contributed by atoms with Crippen LogP contribution in [0, 0.1) is 5.92 Å². The van der Waals surface area contributed by atoms with Crippen molar-refractivity contribution in [1.82, 2.24) is 0 Å². The van der Waals surface area contributed by atoms with Gasteiger partial charge in [-0.15, -0.1) is 0 Å². The Kier molecular flexibility index (Phi) is 10.5. The highest BCUT2D eigenvalue weighted by Gasteiger charge is 2.44. The number of benzene rings is 3. The van der Waals surface area contributed by atoms with E-state index in [0.717, 1.165) is 25.7 Å². The van der Waals surface area contributed by atoms with Gasteiger partial charge in [0, 0.05) is 6.42 Å². The first-order valence-corrected chi connectivity index (χ1v) is 14.3. The number of esters is 1. The van der Waals surface area contributed by atoms with E-state index in [-0.39, 0.29) is 6.42 Å². The number of rotatable bonds is 14. The van der Waals surface area contributed by atoms with Gasteiger partial charge in [-0.2, -0.15) is 0 Å². The minimum atomic E-state index is -1.63. The molecular formula is C34H42O6. The van der Waals surface area contributed by atoms with Crippen LogP contribution in [0.25, 0.3) is 0 Å². The summed E-state index contributed by atoms with van der Waals surface area (Å²) < 4.78 is 17.5. The molecule has 1 aliphatic rings. The molecule has 6 nitrogen and oxygen atoms in total. The lowest BCUT2D eigenvalue weighted by Gasteiger charge is -2.37. The zero-order valence-electron chi connectivity index (χ0n) is 23.6. The molecule has 1 saturated heterocycles. The molecule has 0 bridgehead atoms. The van der Waals surface area contributed by atoms with Crippen LogP contribution in [0.1, 0.15) is 75.2 Å². The van der Waals surface area contributed by atoms with Crippen LogP contribution in [0.3, 0.4) is 0 Å². The first-order valence-electron chi connectivity index (χ1n) is 14.3. The molecule has 3 aromatic carbocycles. The highest BCUT2D eigenvalue weighted by atomic mass is 16.7. The highest BCUT2D eigenvalue weighted by molar-refractivity contribution is 5.70. The second-order valence-corrected chi connectivity index (χ2v) is 11.1. The van der Waals surface area contributed by atoms with E-state index >= 15 is 0 Å². The molecule has 1 aliphatic heterocycles. The van der Waals surface area contributed by atoms with Crippen LogP contribution in [0.5, 0.6) is 0 Å². The standard InChI is InChI=1S/C34H42O6/c1-26(25-33(2)38-22-23-39-33)14-12-13-21-30(35)24-31(36)40-32(27-15-6-3-7-16-27)34(37,28-17-8-4-9-18-28)29-19-10-5-11-20-29/h3-11,15-20,26,30,32,35,37H,12-14,21-25H2,1-2H3/t26-,30+,32+/m1/s1. The van der Waals surface area contributed by atoms with Crippen molar-refractivity contribution in [1.29, 1.82) is 0 Å². The van der Waals surface area contributed by atoms with Crippen LogP contribution in [0.4, 0.5) is 0 Å². The first-order chi connectivity index (χ1) is 19.3. The van der Waals surface area contributed by atoms with Gasteiger partial charge < -0.3 is 24.4 Å². The summed E-state index contributed by atoms with van der Waals surface area (Å²) in [5, 5.41) is 23.0. The van der Waals surface area contributed by atoms with Crippen LogP contribution < -0.4 is 0 Å². The summed E-state index contributed by atoms with van der Waals surface area (Å²) in [7, 11) is 0. The number of hydrogen-bond donors (Lipinski definition) is 2. The van der Waals surface area contributed by atoms with Crippen LogP contribution >= 0.6 is 0 Å². The van der Waals surface area contributed by atoms with E-state index in [0.29, 0.717) is 42.2 Å². The van der Waals surface area contributed by atoms with Crippen molar-refractivity contribution < 1.29 is 29.2 Å². The Bertz CT molecular complexity index is 1120. The molecule has 0 unspecified atom stereocenters. The third-order valence-electron chi connectivity index (χ3n) is 7.66. The summed E-state index contributed by atoms with van der Waals surface area (Å²) >= 11 is 0. The van der Waals surface area contributed by atoms with Crippen molar-refractivity contribution in [3.63, 3.8) is 0 Å². The number of carbonyl (C=O) groups excluding carboxylic acids is 1. The van der Waals surface area contributed by atoms with E-state index in [9.17, 15) is 15.0 Å². The van der Waals surface area contributed by atoms with E-state index in [2.05, 4.69) is 6.92 Å². The lowest BCUT2D eigenvalue weighted by atomic mass is 9.79. The molecule has 0 aromatic heterocycles. The second kappa shape index (κ2) is 14.0. The topological polar surface area (TPSA) is 85.2 Å². The maximum Gasteiger partial charge on any atom is 0.309 e. The quantitative estimate of drug-likeness (QED) is 0.182. The van der Waals surface area contributed by atoms with Crippen molar-refractivity contribution in [2.75, 3.05) is 13.2 Å². The molecule has 6 heteroatoms. The van der Waals surface area contributed by atoms with Gasteiger partial charge in [0.25, 0.3) is 0 Å². The minimum absolute atomic E-state index is 0.141. The average molecular weight is 547 g/mol. The highest BCUT2D eigenvalue weighted by Crippen LogP contribution is 2.43. The number of carbonyl (C=O) groups is 1. The summed E-state index contributed by atoms with van der Waals surface area (Å²) in [5.74, 6) is -0.603. The zero-order chi connectivity index (χ0) is 28.4. The molecule has 0 saturated carbocycles. The fraction of sp³-hybridized carbons (Fsp3) is 0.441. The third-order valence-corrected chi connectivity index (χ3v) is 7.66. The van der Waals surface area contributed by atoms with Crippen molar-refractivity contribution in [2.24, 2.45) is 5.92 Å². The largest absolute Gasteiger partial charge is 0.454 e. The lowest BCUT2D eigenvalue weighted by Crippen LogP contribution is -2.38. The van der Waals surface area contributed by atoms with E-state index in [1.54, 1.807) is 0 Å². The number of unbranched alkanes of at least 4 members (excludes halogenated alkanes) is 1. The molecule has 3 aromatic rings. The van der Waals surface area contributed by atoms with Crippen molar-refractivity contribution in [3.8, 4) is 0 Å². The fourth-order valence-electron chi connectivity index (χ4n) is 5.63. The average Bonchev–Trinajstić information content (AvgIpc) is 3.40. The molecule has 0 spiro atoms. The van der Waals surface area contributed by atoms with Gasteiger partial charge in [-0.3, -0.25) is 4.79 Å². The van der Waals surface area contributed by atoms with Crippen molar-refractivity contribution in [3.05, 3.63) is 108 Å². The summed E-state index contributed by atoms with van der Waals surface area (Å²) in [6, 6.07) is 27.8. The van der Waals surface area contributed by atoms with Crippen LogP contribution in [0.15, 0.2) is 91.0 Å². The van der Waals surface area contributed by atoms with Crippen LogP contribution in [-0.4, -0.2) is 41.3 Å². The van der Waals surface area contributed by atoms with Crippen molar-refractivity contribution >= 4 is 5.97 Å². The van der Waals surface area contributed by atoms with E-state index in [1.807, 2.05) is 97.9 Å². The molecule has 214 valence electrons. The van der Waals surface area contributed by atoms with Gasteiger partial charge in [0.1, 0.15) is 0 Å². The van der Waals surface area contributed by atoms with E-state index in [4.69, 9.17) is 14.2 Å². The summed E-state index contributed by atoms with van der Waals surface area (Å²) in [5.41, 5.74) is 0.252. The van der Waals surface area contributed by atoms with Gasteiger partial charge in [-0.25, -0.2) is 0 Å². The van der Waals surface area contributed by atoms with Crippen LogP contribution in [-0.2, 0) is 24.6 Å². The Morgan fingerprint density at radius 3 is 1.93 bits per heavy atom. The van der Waals surface area contributed by atoms with Crippen LogP contribution in [0.2, 0.25) is 0 Å². The summed E-state index contributed by atoms with van der Waals surface area (Å²) in [4.78, 5) is 13.2. The smallest absolute Gasteiger partial charge is 0.309 e. The van der Waals surface area contributed by atoms with Gasteiger partial charge in [-0.05, 0) is 36.0 Å². The minimum Gasteiger partial charge on any atom is -0.454 e. The molecule has 1 fully saturated rings. The number of aliphatic hydroxyl groups excluding tert-OH is 1. The number of ether oxygens (including phenoxy) is 3. The molecule has 4 rings (SSSR count). The molecule has 0 radical (unpaired) electrons. The molecule has 3 atom stereocenters. The Labute approximate surface area is 237 Å². The van der Waals surface area contributed by atoms with Gasteiger partial charge in [-0.1, -0.05) is 117 Å². The Morgan fingerprint density at radius 1 is 0.875 bits per heavy atom. The van der Waals surface area contributed by atoms with E-state index in [1.165, 1.54) is 0 Å². The predicted octanol–water partition coefficient (Wildman–Crippen LogP) is 6.31. The molecule has 0 aliphatic carbocycles. The Morgan fingerprint density at radius 2 is 1.38 bits per heavy atom. The maximum absolute atomic E-state index is 13.2. The van der Waals surface area contributed by atoms with Gasteiger partial charge >= 0.3 is 5.97 Å². The molecular weight excluding hydrogens is 504 g/mol. The molecule has 1 heterocycles. The maximum atomic E-state index is 13.2. The number of hydrogen-bond acceptors (Lipinski definition) is 6.